The fourth-order valence-electron chi connectivity index (χ4n) is 6.43. The van der Waals surface area contributed by atoms with Crippen LogP contribution in [-0.2, 0) is 23.5 Å². The van der Waals surface area contributed by atoms with Crippen molar-refractivity contribution in [3.63, 3.8) is 0 Å². The predicted molar refractivity (Wildman–Crippen MR) is 158 cm³/mol. The van der Waals surface area contributed by atoms with Crippen molar-refractivity contribution in [1.82, 2.24) is 0 Å². The minimum absolute atomic E-state index is 0.0167. The number of rotatable bonds is 10. The van der Waals surface area contributed by atoms with Crippen LogP contribution in [-0.4, -0.2) is 55.8 Å². The Morgan fingerprint density at radius 2 is 1.88 bits per heavy atom. The molecule has 3 rings (SSSR count). The molecule has 1 aliphatic heterocycles. The second-order valence-corrected chi connectivity index (χ2v) is 19.6. The topological polar surface area (TPSA) is 111 Å². The van der Waals surface area contributed by atoms with Gasteiger partial charge in [-0.2, -0.15) is 4.91 Å². The van der Waals surface area contributed by atoms with Crippen LogP contribution in [0.4, 0.5) is 0 Å². The summed E-state index contributed by atoms with van der Waals surface area (Å²) in [5.74, 6) is -0.815. The molecule has 2 aliphatic carbocycles. The van der Waals surface area contributed by atoms with E-state index in [-0.39, 0.29) is 65.8 Å². The molecular weight excluding hydrogens is 526 g/mol. The summed E-state index contributed by atoms with van der Waals surface area (Å²) < 4.78 is 18.6. The summed E-state index contributed by atoms with van der Waals surface area (Å²) in [6.07, 6.45) is 6.84. The van der Waals surface area contributed by atoms with Gasteiger partial charge in [0.2, 0.25) is 0 Å². The Morgan fingerprint density at radius 1 is 1.20 bits per heavy atom. The lowest BCUT2D eigenvalue weighted by atomic mass is 9.58. The van der Waals surface area contributed by atoms with E-state index in [4.69, 9.17) is 13.9 Å². The molecule has 0 amide bonds. The summed E-state index contributed by atoms with van der Waals surface area (Å²) in [7, 11) is -2.04. The maximum absolute atomic E-state index is 13.2. The average molecular weight is 580 g/mol. The van der Waals surface area contributed by atoms with Crippen molar-refractivity contribution >= 4 is 20.3 Å². The van der Waals surface area contributed by atoms with Crippen LogP contribution in [0.2, 0.25) is 18.1 Å². The number of allylic oxidation sites excluding steroid dienone is 1. The number of ether oxygens (including phenoxy) is 2. The molecule has 9 heteroatoms. The van der Waals surface area contributed by atoms with E-state index in [9.17, 15) is 19.6 Å². The molecule has 0 spiro atoms. The summed E-state index contributed by atoms with van der Waals surface area (Å²) in [4.78, 5) is 36.9. The Hall–Kier alpha value is -1.58. The number of nitroso groups, excluding NO2 is 1. The van der Waals surface area contributed by atoms with Gasteiger partial charge in [0.05, 0.1) is 30.1 Å². The van der Waals surface area contributed by atoms with Gasteiger partial charge >= 0.3 is 11.9 Å². The Balaban J connectivity index is 1.80. The van der Waals surface area contributed by atoms with E-state index in [1.54, 1.807) is 0 Å². The molecule has 8 atom stereocenters. The fraction of sp³-hybridized carbons (Fsp3) is 0.871. The van der Waals surface area contributed by atoms with Crippen LogP contribution in [0, 0.1) is 34.0 Å². The average Bonchev–Trinajstić information content (AvgIpc) is 2.82. The molecule has 1 unspecified atom stereocenters. The largest absolute Gasteiger partial charge is 0.462 e. The second kappa shape index (κ2) is 12.3. The number of nitrogens with zero attached hydrogens (tertiary/aromatic N) is 1. The third-order valence-electron chi connectivity index (χ3n) is 10.3. The number of hydrogen-bond acceptors (Lipinski definition) is 8. The van der Waals surface area contributed by atoms with Gasteiger partial charge in [-0.3, -0.25) is 9.59 Å². The SMILES string of the molecule is CCC(C)(C)C(=O)O[C@H]1C[C@@H](CN=O)C[C@]2(O)C=C[C@H](C)[C@H](CC[C@@H]3C[C@@H](O[Si](C)(C)C(C)(C)C)CC(=O)O3)C12. The number of aliphatic hydroxyl groups is 1. The fourth-order valence-corrected chi connectivity index (χ4v) is 7.79. The minimum Gasteiger partial charge on any atom is -0.462 e. The predicted octanol–water partition coefficient (Wildman–Crippen LogP) is 6.56. The van der Waals surface area contributed by atoms with Crippen molar-refractivity contribution in [2.24, 2.45) is 34.3 Å². The van der Waals surface area contributed by atoms with Crippen LogP contribution < -0.4 is 0 Å². The van der Waals surface area contributed by atoms with E-state index in [1.165, 1.54) is 0 Å². The summed E-state index contributed by atoms with van der Waals surface area (Å²) >= 11 is 0. The van der Waals surface area contributed by atoms with Crippen molar-refractivity contribution in [3.05, 3.63) is 17.1 Å². The Labute approximate surface area is 242 Å². The molecule has 0 aromatic carbocycles. The molecule has 3 aliphatic rings. The van der Waals surface area contributed by atoms with Crippen LogP contribution >= 0.6 is 0 Å². The molecule has 1 heterocycles. The van der Waals surface area contributed by atoms with Crippen LogP contribution in [0.15, 0.2) is 17.3 Å². The van der Waals surface area contributed by atoms with Gasteiger partial charge in [0.15, 0.2) is 8.32 Å². The summed E-state index contributed by atoms with van der Waals surface area (Å²) in [5, 5.41) is 15.1. The number of esters is 2. The summed E-state index contributed by atoms with van der Waals surface area (Å²) in [5.41, 5.74) is -1.83. The van der Waals surface area contributed by atoms with E-state index in [0.717, 1.165) is 0 Å². The summed E-state index contributed by atoms with van der Waals surface area (Å²) in [6.45, 7) is 18.9. The first kappa shape index (κ1) is 32.9. The van der Waals surface area contributed by atoms with Crippen LogP contribution in [0.3, 0.4) is 0 Å². The van der Waals surface area contributed by atoms with Crippen molar-refractivity contribution < 1.29 is 28.6 Å². The van der Waals surface area contributed by atoms with Gasteiger partial charge < -0.3 is 19.0 Å². The molecule has 0 aromatic heterocycles. The highest BCUT2D eigenvalue weighted by molar-refractivity contribution is 6.74. The summed E-state index contributed by atoms with van der Waals surface area (Å²) in [6, 6.07) is 0. The third kappa shape index (κ3) is 7.43. The molecule has 40 heavy (non-hydrogen) atoms. The normalized spacial score (nSPS) is 35.0. The number of carbonyl (C=O) groups is 2. The highest BCUT2D eigenvalue weighted by atomic mass is 28.4. The third-order valence-corrected chi connectivity index (χ3v) is 14.9. The van der Waals surface area contributed by atoms with E-state index in [0.29, 0.717) is 38.5 Å². The van der Waals surface area contributed by atoms with E-state index < -0.39 is 25.4 Å². The van der Waals surface area contributed by atoms with Crippen molar-refractivity contribution in [3.8, 4) is 0 Å². The van der Waals surface area contributed by atoms with Gasteiger partial charge in [0.1, 0.15) is 12.2 Å². The first-order chi connectivity index (χ1) is 18.4. The number of fused-ring (bicyclic) bond motifs is 1. The molecular formula is C31H53NO7Si. The maximum atomic E-state index is 13.2. The van der Waals surface area contributed by atoms with Crippen molar-refractivity contribution in [2.75, 3.05) is 6.54 Å². The van der Waals surface area contributed by atoms with Gasteiger partial charge in [-0.05, 0) is 81.8 Å². The lowest BCUT2D eigenvalue weighted by molar-refractivity contribution is -0.184. The molecule has 0 aromatic rings. The first-order valence-corrected chi connectivity index (χ1v) is 18.1. The molecule has 228 valence electrons. The standard InChI is InChI=1S/C31H53NO7Si/c1-10-30(6,7)28(34)38-25-15-21(19-32-36)18-31(35)14-13-20(2)24(27(25)31)12-11-22-16-23(17-26(33)37-22)39-40(8,9)29(3,4)5/h13-14,20-25,27,35H,10-12,15-19H2,1-9H3/t20-,21+,22+,23+,24-,25-,27?,31+/m0/s1. The zero-order valence-electron chi connectivity index (χ0n) is 26.2. The molecule has 1 saturated heterocycles. The van der Waals surface area contributed by atoms with Gasteiger partial charge in [0, 0.05) is 12.3 Å². The molecule has 2 fully saturated rings. The smallest absolute Gasteiger partial charge is 0.311 e. The molecule has 0 bridgehead atoms. The van der Waals surface area contributed by atoms with Gasteiger partial charge in [-0.15, -0.1) is 0 Å². The zero-order valence-corrected chi connectivity index (χ0v) is 27.2. The highest BCUT2D eigenvalue weighted by Crippen LogP contribution is 2.51. The van der Waals surface area contributed by atoms with E-state index >= 15 is 0 Å². The lowest BCUT2D eigenvalue weighted by Crippen LogP contribution is -2.57. The zero-order chi connectivity index (χ0) is 30.1. The second-order valence-electron chi connectivity index (χ2n) is 14.8. The molecule has 8 nitrogen and oxygen atoms in total. The van der Waals surface area contributed by atoms with E-state index in [2.05, 4.69) is 46.0 Å². The van der Waals surface area contributed by atoms with Gasteiger partial charge in [-0.25, -0.2) is 0 Å². The van der Waals surface area contributed by atoms with Crippen LogP contribution in [0.25, 0.3) is 0 Å². The molecule has 1 saturated carbocycles. The van der Waals surface area contributed by atoms with Crippen molar-refractivity contribution in [2.45, 2.75) is 135 Å². The maximum Gasteiger partial charge on any atom is 0.311 e. The van der Waals surface area contributed by atoms with E-state index in [1.807, 2.05) is 32.9 Å². The number of cyclic esters (lactones) is 1. The molecule has 1 N–H and O–H groups in total. The van der Waals surface area contributed by atoms with Crippen LogP contribution in [0.5, 0.6) is 0 Å². The minimum atomic E-state index is -2.04. The van der Waals surface area contributed by atoms with Gasteiger partial charge in [-0.1, -0.05) is 51.9 Å². The Kier molecular flexibility index (Phi) is 10.2. The van der Waals surface area contributed by atoms with Gasteiger partial charge in [0.25, 0.3) is 0 Å². The monoisotopic (exact) mass is 579 g/mol. The highest BCUT2D eigenvalue weighted by Gasteiger charge is 2.54. The Bertz CT molecular complexity index is 958. The quantitative estimate of drug-likeness (QED) is 0.135. The molecule has 0 radical (unpaired) electrons. The lowest BCUT2D eigenvalue weighted by Gasteiger charge is -2.52. The van der Waals surface area contributed by atoms with Crippen molar-refractivity contribution in [1.29, 1.82) is 0 Å². The Morgan fingerprint density at radius 3 is 2.48 bits per heavy atom. The number of hydrogen-bond donors (Lipinski definition) is 1. The van der Waals surface area contributed by atoms with Crippen LogP contribution in [0.1, 0.15) is 93.4 Å². The number of carbonyl (C=O) groups excluding carboxylic acids is 2. The first-order valence-electron chi connectivity index (χ1n) is 15.2.